The summed E-state index contributed by atoms with van der Waals surface area (Å²) in [6.07, 6.45) is 1.12. The lowest BCUT2D eigenvalue weighted by Crippen LogP contribution is -2.36. The van der Waals surface area contributed by atoms with Crippen LogP contribution in [0, 0.1) is 15.5 Å². The molecule has 9 heteroatoms. The van der Waals surface area contributed by atoms with E-state index in [2.05, 4.69) is 24.1 Å². The van der Waals surface area contributed by atoms with Crippen molar-refractivity contribution in [2.45, 2.75) is 32.7 Å². The highest BCUT2D eigenvalue weighted by molar-refractivity contribution is 6.00. The van der Waals surface area contributed by atoms with Crippen molar-refractivity contribution in [2.75, 3.05) is 12.4 Å². The lowest BCUT2D eigenvalue weighted by molar-refractivity contribution is -0.384. The lowest BCUT2D eigenvalue weighted by Gasteiger charge is -2.38. The molecule has 0 radical (unpaired) electrons. The Balaban J connectivity index is 1.70. The number of allylic oxidation sites excluding steroid dienone is 2. The fourth-order valence-corrected chi connectivity index (χ4v) is 4.67. The van der Waals surface area contributed by atoms with Gasteiger partial charge in [0.05, 0.1) is 12.0 Å². The number of methoxy groups -OCH3 is 1. The second-order valence-corrected chi connectivity index (χ2v) is 9.11. The summed E-state index contributed by atoms with van der Waals surface area (Å²) in [5, 5.41) is 19.3. The van der Waals surface area contributed by atoms with Gasteiger partial charge >= 0.3 is 0 Å². The number of para-hydroxylation sites is 1. The van der Waals surface area contributed by atoms with E-state index in [-0.39, 0.29) is 16.9 Å². The summed E-state index contributed by atoms with van der Waals surface area (Å²) in [7, 11) is 1.60. The Morgan fingerprint density at radius 2 is 1.97 bits per heavy atom. The number of nitro groups is 1. The van der Waals surface area contributed by atoms with E-state index in [1.54, 1.807) is 23.9 Å². The smallest absolute Gasteiger partial charge is 0.270 e. The largest absolute Gasteiger partial charge is 0.496 e. The average Bonchev–Trinajstić information content (AvgIpc) is 3.20. The number of carbonyl (C=O) groups excluding carboxylic acids is 1. The third-order valence-corrected chi connectivity index (χ3v) is 6.08. The zero-order valence-electron chi connectivity index (χ0n) is 18.5. The number of Topliss-reactive ketones (excluding diaryl/α,β-unsaturated/α-hetero) is 1. The predicted molar refractivity (Wildman–Crippen MR) is 122 cm³/mol. The zero-order valence-corrected chi connectivity index (χ0v) is 18.5. The maximum Gasteiger partial charge on any atom is 0.270 e. The first-order valence-corrected chi connectivity index (χ1v) is 10.6. The van der Waals surface area contributed by atoms with Crippen LogP contribution < -0.4 is 10.1 Å². The van der Waals surface area contributed by atoms with Gasteiger partial charge in [0.25, 0.3) is 5.69 Å². The van der Waals surface area contributed by atoms with Crippen LogP contribution in [0.15, 0.2) is 59.8 Å². The van der Waals surface area contributed by atoms with Gasteiger partial charge in [0.2, 0.25) is 5.95 Å². The summed E-state index contributed by atoms with van der Waals surface area (Å²) in [5.74, 6) is 1.53. The molecule has 1 aliphatic heterocycles. The van der Waals surface area contributed by atoms with Crippen LogP contribution in [0.2, 0.25) is 0 Å². The first-order chi connectivity index (χ1) is 15.8. The molecular weight excluding hydrogens is 422 g/mol. The number of anilines is 1. The minimum Gasteiger partial charge on any atom is -0.496 e. The van der Waals surface area contributed by atoms with E-state index in [0.717, 1.165) is 11.3 Å². The van der Waals surface area contributed by atoms with Crippen molar-refractivity contribution < 1.29 is 14.5 Å². The van der Waals surface area contributed by atoms with Crippen LogP contribution >= 0.6 is 0 Å². The highest BCUT2D eigenvalue weighted by atomic mass is 16.6. The molecule has 9 nitrogen and oxygen atoms in total. The van der Waals surface area contributed by atoms with Gasteiger partial charge in [0, 0.05) is 41.0 Å². The van der Waals surface area contributed by atoms with Crippen LogP contribution in [0.25, 0.3) is 11.4 Å². The Morgan fingerprint density at radius 3 is 2.73 bits per heavy atom. The van der Waals surface area contributed by atoms with Crippen LogP contribution in [0.1, 0.15) is 38.3 Å². The Bertz CT molecular complexity index is 1320. The first kappa shape index (κ1) is 20.9. The number of hydrogen-bond donors (Lipinski definition) is 1. The number of aromatic nitrogens is 3. The van der Waals surface area contributed by atoms with Crippen molar-refractivity contribution in [1.29, 1.82) is 0 Å². The molecule has 2 heterocycles. The van der Waals surface area contributed by atoms with E-state index in [1.807, 2.05) is 24.3 Å². The molecule has 1 aliphatic carbocycles. The number of nitrogens with one attached hydrogen (secondary N) is 1. The maximum absolute atomic E-state index is 13.4. The number of fused-ring (bicyclic) bond motifs is 1. The maximum atomic E-state index is 13.4. The van der Waals surface area contributed by atoms with E-state index < -0.39 is 11.0 Å². The van der Waals surface area contributed by atoms with Gasteiger partial charge in [-0.1, -0.05) is 44.2 Å². The van der Waals surface area contributed by atoms with Gasteiger partial charge in [-0.15, -0.1) is 5.10 Å². The van der Waals surface area contributed by atoms with Crippen molar-refractivity contribution in [3.8, 4) is 17.1 Å². The van der Waals surface area contributed by atoms with Gasteiger partial charge in [-0.2, -0.15) is 4.98 Å². The van der Waals surface area contributed by atoms with Crippen LogP contribution in [0.3, 0.4) is 0 Å². The predicted octanol–water partition coefficient (Wildman–Crippen LogP) is 4.52. The number of nitro benzene ring substituents is 1. The Kier molecular flexibility index (Phi) is 4.77. The molecule has 0 amide bonds. The highest BCUT2D eigenvalue weighted by Gasteiger charge is 2.42. The van der Waals surface area contributed by atoms with Crippen LogP contribution in [0.5, 0.6) is 5.75 Å². The van der Waals surface area contributed by atoms with Crippen molar-refractivity contribution >= 4 is 17.4 Å². The monoisotopic (exact) mass is 445 g/mol. The second-order valence-electron chi connectivity index (χ2n) is 9.11. The molecule has 2 aliphatic rings. The molecule has 33 heavy (non-hydrogen) atoms. The minimum atomic E-state index is -0.518. The van der Waals surface area contributed by atoms with Gasteiger partial charge in [-0.05, 0) is 17.9 Å². The van der Waals surface area contributed by atoms with Gasteiger partial charge in [0.15, 0.2) is 11.6 Å². The van der Waals surface area contributed by atoms with Gasteiger partial charge in [-0.3, -0.25) is 14.9 Å². The molecule has 168 valence electrons. The number of non-ortho nitro benzene ring substituents is 1. The molecule has 0 bridgehead atoms. The molecule has 1 atom stereocenters. The average molecular weight is 445 g/mol. The Morgan fingerprint density at radius 1 is 1.18 bits per heavy atom. The number of nitrogens with zero attached hydrogens (tertiary/aromatic N) is 4. The zero-order chi connectivity index (χ0) is 23.3. The normalized spacial score (nSPS) is 18.9. The molecule has 0 fully saturated rings. The summed E-state index contributed by atoms with van der Waals surface area (Å²) >= 11 is 0. The second kappa shape index (κ2) is 7.54. The molecule has 0 spiro atoms. The van der Waals surface area contributed by atoms with Crippen molar-refractivity contribution in [2.24, 2.45) is 5.41 Å². The number of hydrogen-bond acceptors (Lipinski definition) is 7. The number of ketones is 1. The number of ether oxygens (including phenoxy) is 1. The molecule has 1 unspecified atom stereocenters. The topological polar surface area (TPSA) is 112 Å². The first-order valence-electron chi connectivity index (χ1n) is 10.6. The Labute approximate surface area is 190 Å². The molecule has 0 saturated heterocycles. The minimum absolute atomic E-state index is 0.0381. The van der Waals surface area contributed by atoms with E-state index in [4.69, 9.17) is 9.84 Å². The number of carbonyl (C=O) groups is 1. The summed E-state index contributed by atoms with van der Waals surface area (Å²) in [5.41, 5.74) is 2.60. The molecular formula is C24H23N5O4. The highest BCUT2D eigenvalue weighted by Crippen LogP contribution is 2.47. The fourth-order valence-electron chi connectivity index (χ4n) is 4.67. The molecule has 0 saturated carbocycles. The van der Waals surface area contributed by atoms with Crippen molar-refractivity contribution in [3.05, 3.63) is 75.5 Å². The van der Waals surface area contributed by atoms with Gasteiger partial charge < -0.3 is 10.1 Å². The molecule has 5 rings (SSSR count). The standard InChI is InChI=1S/C24H23N5O4/c1-24(2)12-17-20(18(30)13-24)21(16-9-4-5-10-19(16)33-3)28-23(25-17)26-22(27-28)14-7-6-8-15(11-14)29(31)32/h4-11,21H,12-13H2,1-3H3,(H,25,26,27). The Hall–Kier alpha value is -4.01. The van der Waals surface area contributed by atoms with E-state index in [9.17, 15) is 14.9 Å². The molecule has 2 aromatic carbocycles. The molecule has 3 aromatic rings. The van der Waals surface area contributed by atoms with Gasteiger partial charge in [0.1, 0.15) is 11.8 Å². The summed E-state index contributed by atoms with van der Waals surface area (Å²) in [4.78, 5) is 28.8. The quantitative estimate of drug-likeness (QED) is 0.464. The van der Waals surface area contributed by atoms with Crippen molar-refractivity contribution in [1.82, 2.24) is 14.8 Å². The van der Waals surface area contributed by atoms with E-state index in [1.165, 1.54) is 12.1 Å². The van der Waals surface area contributed by atoms with Crippen LogP contribution in [0.4, 0.5) is 11.6 Å². The van der Waals surface area contributed by atoms with Crippen molar-refractivity contribution in [3.63, 3.8) is 0 Å². The SMILES string of the molecule is COc1ccccc1C1C2=C(CC(C)(C)CC2=O)Nc2nc(-c3cccc([N+](=O)[O-])c3)nn21. The van der Waals surface area contributed by atoms with E-state index in [0.29, 0.717) is 41.5 Å². The van der Waals surface area contributed by atoms with E-state index >= 15 is 0 Å². The fraction of sp³-hybridized carbons (Fsp3) is 0.292. The summed E-state index contributed by atoms with van der Waals surface area (Å²) < 4.78 is 7.29. The third kappa shape index (κ3) is 3.55. The lowest BCUT2D eigenvalue weighted by atomic mass is 9.73. The third-order valence-electron chi connectivity index (χ3n) is 6.08. The van der Waals surface area contributed by atoms with Crippen LogP contribution in [-0.2, 0) is 4.79 Å². The number of rotatable bonds is 4. The molecule has 1 aromatic heterocycles. The summed E-state index contributed by atoms with van der Waals surface area (Å²) in [6.45, 7) is 4.14. The number of benzene rings is 2. The molecule has 1 N–H and O–H groups in total. The summed E-state index contributed by atoms with van der Waals surface area (Å²) in [6, 6.07) is 13.2. The van der Waals surface area contributed by atoms with Gasteiger partial charge in [-0.25, -0.2) is 4.68 Å². The van der Waals surface area contributed by atoms with Crippen LogP contribution in [-0.4, -0.2) is 32.6 Å².